The molecule has 2 amide bonds. The van der Waals surface area contributed by atoms with Crippen LogP contribution in [-0.4, -0.2) is 23.3 Å². The lowest BCUT2D eigenvalue weighted by atomic mass is 10.1. The molecule has 0 saturated heterocycles. The monoisotopic (exact) mass is 429 g/mol. The van der Waals surface area contributed by atoms with Gasteiger partial charge in [-0.25, -0.2) is 0 Å². The van der Waals surface area contributed by atoms with E-state index in [1.54, 1.807) is 36.1 Å². The maximum atomic E-state index is 12.9. The highest BCUT2D eigenvalue weighted by molar-refractivity contribution is 6.06. The molecular formula is C26H27N3O3. The number of amides is 2. The van der Waals surface area contributed by atoms with E-state index >= 15 is 0 Å². The van der Waals surface area contributed by atoms with Crippen molar-refractivity contribution in [2.45, 2.75) is 39.0 Å². The second-order valence-corrected chi connectivity index (χ2v) is 8.08. The third-order valence-electron chi connectivity index (χ3n) is 5.79. The minimum absolute atomic E-state index is 0.0339. The number of nitrogens with one attached hydrogen (secondary N) is 2. The van der Waals surface area contributed by atoms with Gasteiger partial charge in [0.15, 0.2) is 0 Å². The molecule has 2 aromatic carbocycles. The molecule has 32 heavy (non-hydrogen) atoms. The van der Waals surface area contributed by atoms with Crippen LogP contribution in [0.15, 0.2) is 59.5 Å². The Kier molecular flexibility index (Phi) is 6.50. The molecule has 0 bridgehead atoms. The Labute approximate surface area is 187 Å². The van der Waals surface area contributed by atoms with Crippen LogP contribution in [0.4, 0.5) is 11.4 Å². The Morgan fingerprint density at radius 3 is 2.69 bits per heavy atom. The first-order chi connectivity index (χ1) is 15.5. The van der Waals surface area contributed by atoms with Crippen LogP contribution in [0.3, 0.4) is 0 Å². The smallest absolute Gasteiger partial charge is 0.261 e. The number of aromatic nitrogens is 1. The molecule has 0 radical (unpaired) electrons. The Bertz CT molecular complexity index is 1240. The average Bonchev–Trinajstić information content (AvgIpc) is 2.83. The van der Waals surface area contributed by atoms with Gasteiger partial charge >= 0.3 is 0 Å². The predicted molar refractivity (Wildman–Crippen MR) is 129 cm³/mol. The van der Waals surface area contributed by atoms with E-state index < -0.39 is 5.91 Å². The first-order valence-electron chi connectivity index (χ1n) is 11.0. The van der Waals surface area contributed by atoms with Crippen LogP contribution >= 0.6 is 0 Å². The lowest BCUT2D eigenvalue weighted by Gasteiger charge is -2.24. The van der Waals surface area contributed by atoms with Crippen molar-refractivity contribution in [2.75, 3.05) is 16.8 Å². The number of rotatable bonds is 2. The van der Waals surface area contributed by atoms with Gasteiger partial charge in [0, 0.05) is 36.3 Å². The summed E-state index contributed by atoms with van der Waals surface area (Å²) < 4.78 is 0. The van der Waals surface area contributed by atoms with Gasteiger partial charge in [0.05, 0.1) is 5.69 Å². The third kappa shape index (κ3) is 4.64. The fraction of sp³-hybridized carbons (Fsp3) is 0.269. The molecule has 0 unspecified atom stereocenters. The number of carbonyl (C=O) groups is 2. The topological polar surface area (TPSA) is 82.3 Å². The lowest BCUT2D eigenvalue weighted by Crippen LogP contribution is -2.30. The molecule has 3 aromatic rings. The Morgan fingerprint density at radius 2 is 1.84 bits per heavy atom. The highest BCUT2D eigenvalue weighted by Gasteiger charge is 2.18. The molecule has 1 aliphatic heterocycles. The van der Waals surface area contributed by atoms with Gasteiger partial charge in [-0.15, -0.1) is 0 Å². The normalized spacial score (nSPS) is 15.5. The van der Waals surface area contributed by atoms with E-state index in [2.05, 4.69) is 16.4 Å². The number of fused-ring (bicyclic) bond motifs is 2. The number of hydrogen-bond donors (Lipinski definition) is 2. The van der Waals surface area contributed by atoms with Gasteiger partial charge < -0.3 is 15.2 Å². The number of H-pyrrole nitrogens is 1. The molecule has 1 aliphatic rings. The van der Waals surface area contributed by atoms with Crippen molar-refractivity contribution < 1.29 is 9.59 Å². The zero-order valence-electron chi connectivity index (χ0n) is 18.2. The third-order valence-corrected chi connectivity index (χ3v) is 5.79. The molecule has 6 heteroatoms. The van der Waals surface area contributed by atoms with Crippen molar-refractivity contribution in [2.24, 2.45) is 0 Å². The number of allylic oxidation sites excluding steroid dienone is 1. The summed E-state index contributed by atoms with van der Waals surface area (Å²) in [7, 11) is 0. The van der Waals surface area contributed by atoms with E-state index in [1.165, 1.54) is 6.20 Å². The van der Waals surface area contributed by atoms with E-state index in [1.807, 2.05) is 24.3 Å². The minimum atomic E-state index is -0.487. The first kappa shape index (κ1) is 21.6. The van der Waals surface area contributed by atoms with E-state index in [-0.39, 0.29) is 16.9 Å². The zero-order chi connectivity index (χ0) is 22.5. The van der Waals surface area contributed by atoms with Gasteiger partial charge in [-0.1, -0.05) is 43.2 Å². The van der Waals surface area contributed by atoms with E-state index in [0.717, 1.165) is 43.4 Å². The summed E-state index contributed by atoms with van der Waals surface area (Å²) in [4.78, 5) is 42.9. The molecule has 164 valence electrons. The fourth-order valence-electron chi connectivity index (χ4n) is 4.07. The molecule has 2 N–H and O–H groups in total. The molecular weight excluding hydrogens is 402 g/mol. The van der Waals surface area contributed by atoms with Crippen LogP contribution in [0.5, 0.6) is 0 Å². The number of pyridine rings is 1. The maximum Gasteiger partial charge on any atom is 0.261 e. The number of hydrogen-bond acceptors (Lipinski definition) is 3. The van der Waals surface area contributed by atoms with E-state index in [4.69, 9.17) is 0 Å². The number of nitrogens with zero attached hydrogens (tertiary/aromatic N) is 1. The highest BCUT2D eigenvalue weighted by atomic mass is 16.2. The summed E-state index contributed by atoms with van der Waals surface area (Å²) in [5.74, 6) is -0.521. The number of benzene rings is 2. The average molecular weight is 430 g/mol. The predicted octanol–water partition coefficient (Wildman–Crippen LogP) is 5.11. The van der Waals surface area contributed by atoms with Crippen molar-refractivity contribution in [1.29, 1.82) is 0 Å². The summed E-state index contributed by atoms with van der Waals surface area (Å²) in [6.45, 7) is 2.20. The standard InChI is InChI=1S/C26H27N3O3/c1-18(30)29-15-9-5-3-2-4-6-10-19-13-14-20(16-24(19)29)28-26(32)22-17-27-23-12-8-7-11-21(23)25(22)31/h6-8,10-14,16-17H,2-5,9,15H2,1H3,(H,27,31)(H,28,32)/b10-6-. The van der Waals surface area contributed by atoms with Crippen LogP contribution in [0.25, 0.3) is 17.0 Å². The van der Waals surface area contributed by atoms with Crippen molar-refractivity contribution in [3.63, 3.8) is 0 Å². The van der Waals surface area contributed by atoms with Crippen LogP contribution in [0, 0.1) is 0 Å². The molecule has 0 spiro atoms. The van der Waals surface area contributed by atoms with E-state index in [0.29, 0.717) is 23.1 Å². The quantitative estimate of drug-likeness (QED) is 0.594. The number of carbonyl (C=O) groups excluding carboxylic acids is 2. The van der Waals surface area contributed by atoms with Gasteiger partial charge in [-0.2, -0.15) is 0 Å². The molecule has 0 saturated carbocycles. The van der Waals surface area contributed by atoms with E-state index in [9.17, 15) is 14.4 Å². The number of anilines is 2. The van der Waals surface area contributed by atoms with Crippen molar-refractivity contribution in [1.82, 2.24) is 4.98 Å². The van der Waals surface area contributed by atoms with Crippen molar-refractivity contribution in [3.05, 3.63) is 76.1 Å². The highest BCUT2D eigenvalue weighted by Crippen LogP contribution is 2.28. The molecule has 0 aliphatic carbocycles. The summed E-state index contributed by atoms with van der Waals surface area (Å²) in [6.07, 6.45) is 10.9. The Hall–Kier alpha value is -3.67. The fourth-order valence-corrected chi connectivity index (χ4v) is 4.07. The van der Waals surface area contributed by atoms with Gasteiger partial charge in [0.25, 0.3) is 5.91 Å². The SMILES string of the molecule is CC(=O)N1CCCCCC/C=C\c2ccc(NC(=O)c3c[nH]c4ccccc4c3=O)cc21. The largest absolute Gasteiger partial charge is 0.360 e. The van der Waals surface area contributed by atoms with Gasteiger partial charge in [-0.3, -0.25) is 14.4 Å². The number of aromatic amines is 1. The summed E-state index contributed by atoms with van der Waals surface area (Å²) in [5, 5.41) is 3.30. The second kappa shape index (κ2) is 9.64. The van der Waals surface area contributed by atoms with Gasteiger partial charge in [0.1, 0.15) is 5.56 Å². The zero-order valence-corrected chi connectivity index (χ0v) is 18.2. The van der Waals surface area contributed by atoms with Crippen molar-refractivity contribution in [3.8, 4) is 0 Å². The molecule has 2 heterocycles. The first-order valence-corrected chi connectivity index (χ1v) is 11.0. The van der Waals surface area contributed by atoms with Crippen LogP contribution in [0.2, 0.25) is 0 Å². The van der Waals surface area contributed by atoms with Crippen LogP contribution in [-0.2, 0) is 4.79 Å². The van der Waals surface area contributed by atoms with Crippen LogP contribution in [0.1, 0.15) is 54.9 Å². The molecule has 6 nitrogen and oxygen atoms in total. The Balaban J connectivity index is 1.67. The van der Waals surface area contributed by atoms with Gasteiger partial charge in [0.2, 0.25) is 11.3 Å². The maximum absolute atomic E-state index is 12.9. The summed E-state index contributed by atoms with van der Waals surface area (Å²) in [6, 6.07) is 12.6. The minimum Gasteiger partial charge on any atom is -0.360 e. The summed E-state index contributed by atoms with van der Waals surface area (Å²) in [5.41, 5.74) is 2.64. The number of para-hydroxylation sites is 1. The van der Waals surface area contributed by atoms with Crippen molar-refractivity contribution >= 4 is 40.2 Å². The summed E-state index contributed by atoms with van der Waals surface area (Å²) >= 11 is 0. The molecule has 1 aromatic heterocycles. The molecule has 4 rings (SSSR count). The van der Waals surface area contributed by atoms with Gasteiger partial charge in [-0.05, 0) is 49.1 Å². The lowest BCUT2D eigenvalue weighted by molar-refractivity contribution is -0.116. The molecule has 0 fully saturated rings. The van der Waals surface area contributed by atoms with Crippen LogP contribution < -0.4 is 15.6 Å². The second-order valence-electron chi connectivity index (χ2n) is 8.08. The Morgan fingerprint density at radius 1 is 1.03 bits per heavy atom. The molecule has 0 atom stereocenters.